The average molecular weight is 280 g/mol. The standard InChI is InChI=1S/C14H20N2O4/c15-13(18)12(8-4-5-9-17)16-14(19)20-10-11-6-2-1-3-7-11/h1-3,6-7,12,17H,4-5,8-10H2,(H2,15,18)(H,16,19)/t12-/m0/s1. The smallest absolute Gasteiger partial charge is 0.408 e. The van der Waals surface area contributed by atoms with E-state index in [1.165, 1.54) is 0 Å². The lowest BCUT2D eigenvalue weighted by molar-refractivity contribution is -0.120. The first-order valence-electron chi connectivity index (χ1n) is 6.51. The minimum absolute atomic E-state index is 0.0456. The highest BCUT2D eigenvalue weighted by atomic mass is 16.5. The molecule has 4 N–H and O–H groups in total. The number of benzene rings is 1. The number of aliphatic hydroxyl groups excluding tert-OH is 1. The van der Waals surface area contributed by atoms with Crippen molar-refractivity contribution in [1.82, 2.24) is 5.32 Å². The molecule has 20 heavy (non-hydrogen) atoms. The minimum atomic E-state index is -0.773. The number of primary amides is 1. The molecule has 0 radical (unpaired) electrons. The fourth-order valence-corrected chi connectivity index (χ4v) is 1.65. The van der Waals surface area contributed by atoms with Gasteiger partial charge in [0, 0.05) is 6.61 Å². The van der Waals surface area contributed by atoms with E-state index in [0.717, 1.165) is 5.56 Å². The molecule has 110 valence electrons. The summed E-state index contributed by atoms with van der Waals surface area (Å²) in [6, 6.07) is 8.45. The van der Waals surface area contributed by atoms with E-state index < -0.39 is 18.0 Å². The van der Waals surface area contributed by atoms with Crippen molar-refractivity contribution in [1.29, 1.82) is 0 Å². The molecule has 6 heteroatoms. The molecule has 1 aromatic carbocycles. The van der Waals surface area contributed by atoms with Crippen molar-refractivity contribution in [3.63, 3.8) is 0 Å². The molecule has 1 atom stereocenters. The van der Waals surface area contributed by atoms with Gasteiger partial charge in [0.2, 0.25) is 5.91 Å². The third kappa shape index (κ3) is 6.19. The maximum atomic E-state index is 11.6. The van der Waals surface area contributed by atoms with Gasteiger partial charge in [0.05, 0.1) is 0 Å². The first kappa shape index (κ1) is 16.0. The molecule has 0 heterocycles. The molecular weight excluding hydrogens is 260 g/mol. The molecule has 6 nitrogen and oxygen atoms in total. The second kappa shape index (κ2) is 8.92. The summed E-state index contributed by atoms with van der Waals surface area (Å²) in [5.41, 5.74) is 6.06. The first-order valence-corrected chi connectivity index (χ1v) is 6.51. The van der Waals surface area contributed by atoms with Crippen LogP contribution in [-0.2, 0) is 16.1 Å². The van der Waals surface area contributed by atoms with Gasteiger partial charge in [-0.25, -0.2) is 4.79 Å². The number of hydrogen-bond donors (Lipinski definition) is 3. The molecule has 0 aliphatic rings. The summed E-state index contributed by atoms with van der Waals surface area (Å²) in [7, 11) is 0. The third-order valence-electron chi connectivity index (χ3n) is 2.75. The highest BCUT2D eigenvalue weighted by Gasteiger charge is 2.18. The molecule has 0 aromatic heterocycles. The molecule has 0 saturated carbocycles. The molecule has 0 unspecified atom stereocenters. The van der Waals surface area contributed by atoms with Crippen LogP contribution in [0.1, 0.15) is 24.8 Å². The highest BCUT2D eigenvalue weighted by Crippen LogP contribution is 2.03. The van der Waals surface area contributed by atoms with Crippen molar-refractivity contribution in [3.8, 4) is 0 Å². The largest absolute Gasteiger partial charge is 0.445 e. The van der Waals surface area contributed by atoms with Crippen LogP contribution in [0, 0.1) is 0 Å². The second-order valence-electron chi connectivity index (χ2n) is 4.38. The van der Waals surface area contributed by atoms with E-state index in [1.54, 1.807) is 0 Å². The average Bonchev–Trinajstić information content (AvgIpc) is 2.45. The van der Waals surface area contributed by atoms with Crippen LogP contribution in [0.3, 0.4) is 0 Å². The maximum absolute atomic E-state index is 11.6. The van der Waals surface area contributed by atoms with Gasteiger partial charge >= 0.3 is 6.09 Å². The number of unbranched alkanes of at least 4 members (excludes halogenated alkanes) is 1. The van der Waals surface area contributed by atoms with Crippen LogP contribution in [0.4, 0.5) is 4.79 Å². The van der Waals surface area contributed by atoms with Crippen LogP contribution >= 0.6 is 0 Å². The van der Waals surface area contributed by atoms with Crippen molar-refractivity contribution >= 4 is 12.0 Å². The Bertz CT molecular complexity index is 422. The summed E-state index contributed by atoms with van der Waals surface area (Å²) >= 11 is 0. The molecule has 1 aromatic rings. The number of ether oxygens (including phenoxy) is 1. The van der Waals surface area contributed by atoms with Gasteiger partial charge in [-0.15, -0.1) is 0 Å². The van der Waals surface area contributed by atoms with Crippen molar-refractivity contribution in [2.75, 3.05) is 6.61 Å². The van der Waals surface area contributed by atoms with Crippen LogP contribution in [0.5, 0.6) is 0 Å². The predicted octanol–water partition coefficient (Wildman–Crippen LogP) is 0.929. The zero-order valence-electron chi connectivity index (χ0n) is 11.2. The molecular formula is C14H20N2O4. The summed E-state index contributed by atoms with van der Waals surface area (Å²) in [5, 5.41) is 11.1. The SMILES string of the molecule is NC(=O)[C@H](CCCCO)NC(=O)OCc1ccccc1. The van der Waals surface area contributed by atoms with Crippen molar-refractivity contribution in [2.45, 2.75) is 31.9 Å². The normalized spacial score (nSPS) is 11.7. The zero-order valence-corrected chi connectivity index (χ0v) is 11.2. The Balaban J connectivity index is 2.36. The third-order valence-corrected chi connectivity index (χ3v) is 2.75. The van der Waals surface area contributed by atoms with Crippen molar-refractivity contribution < 1.29 is 19.4 Å². The molecule has 0 aliphatic carbocycles. The number of alkyl carbamates (subject to hydrolysis) is 1. The van der Waals surface area contributed by atoms with Crippen molar-refractivity contribution in [2.24, 2.45) is 5.73 Å². The van der Waals surface area contributed by atoms with E-state index in [4.69, 9.17) is 15.6 Å². The van der Waals surface area contributed by atoms with Gasteiger partial charge in [0.25, 0.3) is 0 Å². The number of nitrogens with two attached hydrogens (primary N) is 1. The van der Waals surface area contributed by atoms with E-state index >= 15 is 0 Å². The Morgan fingerprint density at radius 1 is 1.25 bits per heavy atom. The summed E-state index contributed by atoms with van der Waals surface area (Å²) in [4.78, 5) is 22.8. The van der Waals surface area contributed by atoms with Gasteiger partial charge in [-0.1, -0.05) is 30.3 Å². The van der Waals surface area contributed by atoms with E-state index in [2.05, 4.69) is 5.32 Å². The summed E-state index contributed by atoms with van der Waals surface area (Å²) in [6.45, 7) is 0.179. The topological polar surface area (TPSA) is 102 Å². The van der Waals surface area contributed by atoms with Crippen LogP contribution in [-0.4, -0.2) is 29.8 Å². The van der Waals surface area contributed by atoms with Gasteiger partial charge < -0.3 is 20.9 Å². The second-order valence-corrected chi connectivity index (χ2v) is 4.38. The number of hydrogen-bond acceptors (Lipinski definition) is 4. The Morgan fingerprint density at radius 2 is 1.95 bits per heavy atom. The Hall–Kier alpha value is -2.08. The van der Waals surface area contributed by atoms with Gasteiger partial charge in [-0.3, -0.25) is 4.79 Å². The molecule has 0 saturated heterocycles. The van der Waals surface area contributed by atoms with Crippen LogP contribution < -0.4 is 11.1 Å². The number of aliphatic hydroxyl groups is 1. The van der Waals surface area contributed by atoms with E-state index in [1.807, 2.05) is 30.3 Å². The molecule has 0 spiro atoms. The van der Waals surface area contributed by atoms with E-state index in [0.29, 0.717) is 19.3 Å². The fraction of sp³-hybridized carbons (Fsp3) is 0.429. The maximum Gasteiger partial charge on any atom is 0.408 e. The molecule has 0 bridgehead atoms. The fourth-order valence-electron chi connectivity index (χ4n) is 1.65. The summed E-state index contributed by atoms with van der Waals surface area (Å²) < 4.78 is 5.01. The number of rotatable bonds is 8. The number of carbonyl (C=O) groups excluding carboxylic acids is 2. The lowest BCUT2D eigenvalue weighted by atomic mass is 10.1. The molecule has 1 rings (SSSR count). The van der Waals surface area contributed by atoms with E-state index in [-0.39, 0.29) is 13.2 Å². The Labute approximate surface area is 117 Å². The van der Waals surface area contributed by atoms with Gasteiger partial charge in [0.15, 0.2) is 0 Å². The quantitative estimate of drug-likeness (QED) is 0.616. The van der Waals surface area contributed by atoms with Crippen molar-refractivity contribution in [3.05, 3.63) is 35.9 Å². The molecule has 0 fully saturated rings. The highest BCUT2D eigenvalue weighted by molar-refractivity contribution is 5.84. The predicted molar refractivity (Wildman–Crippen MR) is 73.7 cm³/mol. The van der Waals surface area contributed by atoms with E-state index in [9.17, 15) is 9.59 Å². The van der Waals surface area contributed by atoms with Gasteiger partial charge in [0.1, 0.15) is 12.6 Å². The number of carbonyl (C=O) groups is 2. The Morgan fingerprint density at radius 3 is 2.55 bits per heavy atom. The lowest BCUT2D eigenvalue weighted by Crippen LogP contribution is -2.44. The Kier molecular flexibility index (Phi) is 7.13. The number of amides is 2. The van der Waals surface area contributed by atoms with Gasteiger partial charge in [-0.2, -0.15) is 0 Å². The van der Waals surface area contributed by atoms with Crippen LogP contribution in [0.15, 0.2) is 30.3 Å². The summed E-state index contributed by atoms with van der Waals surface area (Å²) in [5.74, 6) is -0.611. The monoisotopic (exact) mass is 280 g/mol. The van der Waals surface area contributed by atoms with Crippen LogP contribution in [0.2, 0.25) is 0 Å². The number of nitrogens with one attached hydrogen (secondary N) is 1. The minimum Gasteiger partial charge on any atom is -0.445 e. The van der Waals surface area contributed by atoms with Crippen LogP contribution in [0.25, 0.3) is 0 Å². The van der Waals surface area contributed by atoms with Gasteiger partial charge in [-0.05, 0) is 24.8 Å². The molecule has 2 amide bonds. The summed E-state index contributed by atoms with van der Waals surface area (Å²) in [6.07, 6.45) is 0.867. The lowest BCUT2D eigenvalue weighted by Gasteiger charge is -2.15. The zero-order chi connectivity index (χ0) is 14.8. The molecule has 0 aliphatic heterocycles. The first-order chi connectivity index (χ1) is 9.63.